The van der Waals surface area contributed by atoms with E-state index in [1.165, 1.54) is 0 Å². The molecule has 9 nitrogen and oxygen atoms in total. The van der Waals surface area contributed by atoms with Crippen molar-refractivity contribution in [2.24, 2.45) is 5.92 Å². The van der Waals surface area contributed by atoms with Gasteiger partial charge in [0.1, 0.15) is 12.1 Å². The monoisotopic (exact) mass is 398 g/mol. The number of hydrogen-bond donors (Lipinski definition) is 2. The zero-order valence-corrected chi connectivity index (χ0v) is 16.1. The molecule has 152 valence electrons. The van der Waals surface area contributed by atoms with Crippen LogP contribution in [-0.4, -0.2) is 47.4 Å². The third-order valence-corrected chi connectivity index (χ3v) is 5.45. The maximum absolute atomic E-state index is 12.8. The van der Waals surface area contributed by atoms with Crippen LogP contribution < -0.4 is 10.6 Å². The van der Waals surface area contributed by atoms with E-state index in [0.29, 0.717) is 17.7 Å². The lowest BCUT2D eigenvalue weighted by Crippen LogP contribution is -2.54. The number of imide groups is 1. The number of urea groups is 1. The van der Waals surface area contributed by atoms with Crippen LogP contribution in [0.5, 0.6) is 0 Å². The summed E-state index contributed by atoms with van der Waals surface area (Å²) in [5.74, 6) is -1.83. The Balaban J connectivity index is 1.51. The Morgan fingerprint density at radius 3 is 2.69 bits per heavy atom. The number of rotatable bonds is 5. The van der Waals surface area contributed by atoms with Crippen molar-refractivity contribution < 1.29 is 23.9 Å². The molecule has 2 atom stereocenters. The molecule has 2 aliphatic rings. The average molecular weight is 398 g/mol. The second-order valence-corrected chi connectivity index (χ2v) is 7.34. The number of hydrogen-bond acceptors (Lipinski definition) is 6. The number of benzene rings is 1. The smallest absolute Gasteiger partial charge is 0.326 e. The van der Waals surface area contributed by atoms with Gasteiger partial charge in [-0.1, -0.05) is 19.8 Å². The topological polar surface area (TPSA) is 129 Å². The van der Waals surface area contributed by atoms with Gasteiger partial charge in [0, 0.05) is 5.69 Å². The van der Waals surface area contributed by atoms with Crippen molar-refractivity contribution in [2.75, 3.05) is 18.5 Å². The molecule has 1 aromatic rings. The van der Waals surface area contributed by atoms with Crippen LogP contribution in [0.2, 0.25) is 0 Å². The molecule has 1 heterocycles. The second-order valence-electron chi connectivity index (χ2n) is 7.34. The fourth-order valence-electron chi connectivity index (χ4n) is 3.78. The van der Waals surface area contributed by atoms with E-state index in [-0.39, 0.29) is 5.92 Å². The lowest BCUT2D eigenvalue weighted by molar-refractivity contribution is -0.150. The van der Waals surface area contributed by atoms with Crippen molar-refractivity contribution in [3.63, 3.8) is 0 Å². The van der Waals surface area contributed by atoms with Crippen molar-refractivity contribution >= 4 is 29.5 Å². The van der Waals surface area contributed by atoms with Gasteiger partial charge in [-0.15, -0.1) is 0 Å². The first kappa shape index (κ1) is 20.3. The number of nitrogens with one attached hydrogen (secondary N) is 2. The van der Waals surface area contributed by atoms with E-state index >= 15 is 0 Å². The fourth-order valence-corrected chi connectivity index (χ4v) is 3.78. The first-order valence-corrected chi connectivity index (χ1v) is 9.45. The Morgan fingerprint density at radius 1 is 1.31 bits per heavy atom. The zero-order chi connectivity index (χ0) is 21.0. The molecule has 4 amide bonds. The van der Waals surface area contributed by atoms with Crippen molar-refractivity contribution in [3.05, 3.63) is 29.8 Å². The van der Waals surface area contributed by atoms with E-state index in [1.54, 1.807) is 24.3 Å². The number of anilines is 1. The summed E-state index contributed by atoms with van der Waals surface area (Å²) < 4.78 is 4.90. The summed E-state index contributed by atoms with van der Waals surface area (Å²) in [6.07, 6.45) is 3.23. The van der Waals surface area contributed by atoms with Gasteiger partial charge in [-0.3, -0.25) is 19.3 Å². The number of amides is 4. The number of esters is 1. The third kappa shape index (κ3) is 4.21. The molecule has 29 heavy (non-hydrogen) atoms. The normalized spacial score (nSPS) is 23.4. The standard InChI is InChI=1S/C20H22N4O5/c1-13-4-2-3-9-20(13)18(27)24(19(28)23-20)11-17(26)29-12-16(25)22-15-7-5-14(10-21)6-8-15/h5-8,13H,2-4,9,11-12H2,1H3,(H,22,25)(H,23,28)/t13-,20+/m0/s1. The van der Waals surface area contributed by atoms with Crippen molar-refractivity contribution in [1.29, 1.82) is 5.26 Å². The highest BCUT2D eigenvalue weighted by atomic mass is 16.5. The molecule has 9 heteroatoms. The van der Waals surface area contributed by atoms with E-state index in [9.17, 15) is 19.2 Å². The quantitative estimate of drug-likeness (QED) is 0.572. The van der Waals surface area contributed by atoms with Gasteiger partial charge in [0.25, 0.3) is 11.8 Å². The third-order valence-electron chi connectivity index (χ3n) is 5.45. The Kier molecular flexibility index (Phi) is 5.82. The van der Waals surface area contributed by atoms with Gasteiger partial charge in [0.05, 0.1) is 11.6 Å². The van der Waals surface area contributed by atoms with E-state index in [4.69, 9.17) is 10.00 Å². The first-order valence-electron chi connectivity index (χ1n) is 9.45. The summed E-state index contributed by atoms with van der Waals surface area (Å²) >= 11 is 0. The summed E-state index contributed by atoms with van der Waals surface area (Å²) in [4.78, 5) is 49.9. The highest BCUT2D eigenvalue weighted by Crippen LogP contribution is 2.38. The molecule has 0 bridgehead atoms. The van der Waals surface area contributed by atoms with E-state index in [1.807, 2.05) is 13.0 Å². The first-order chi connectivity index (χ1) is 13.9. The molecule has 1 spiro atoms. The Hall–Kier alpha value is -3.41. The SMILES string of the molecule is C[C@H]1CCCC[C@@]12NC(=O)N(CC(=O)OCC(=O)Nc1ccc(C#N)cc1)C2=O. The van der Waals surface area contributed by atoms with E-state index in [0.717, 1.165) is 24.2 Å². The molecule has 1 saturated carbocycles. The minimum absolute atomic E-state index is 0.00748. The molecule has 0 aromatic heterocycles. The predicted octanol–water partition coefficient (Wildman–Crippen LogP) is 1.54. The van der Waals surface area contributed by atoms with Gasteiger partial charge in [-0.2, -0.15) is 5.26 Å². The van der Waals surface area contributed by atoms with Crippen molar-refractivity contribution in [2.45, 2.75) is 38.1 Å². The van der Waals surface area contributed by atoms with Crippen molar-refractivity contribution in [1.82, 2.24) is 10.2 Å². The Morgan fingerprint density at radius 2 is 2.03 bits per heavy atom. The Bertz CT molecular complexity index is 876. The van der Waals surface area contributed by atoms with E-state index < -0.39 is 42.5 Å². The van der Waals surface area contributed by atoms with Crippen molar-refractivity contribution in [3.8, 4) is 6.07 Å². The number of carbonyl (C=O) groups is 4. The molecule has 1 aliphatic heterocycles. The van der Waals surface area contributed by atoms with Gasteiger partial charge >= 0.3 is 12.0 Å². The van der Waals surface area contributed by atoms with Gasteiger partial charge in [0.2, 0.25) is 0 Å². The van der Waals surface area contributed by atoms with Crippen LogP contribution in [0.1, 0.15) is 38.2 Å². The Labute approximate surface area is 168 Å². The minimum atomic E-state index is -0.942. The van der Waals surface area contributed by atoms with Crippen LogP contribution in [0.3, 0.4) is 0 Å². The van der Waals surface area contributed by atoms with Gasteiger partial charge < -0.3 is 15.4 Å². The molecule has 0 radical (unpaired) electrons. The van der Waals surface area contributed by atoms with E-state index in [2.05, 4.69) is 10.6 Å². The largest absolute Gasteiger partial charge is 0.454 e. The summed E-state index contributed by atoms with van der Waals surface area (Å²) in [6, 6.07) is 7.55. The lowest BCUT2D eigenvalue weighted by atomic mass is 9.73. The highest BCUT2D eigenvalue weighted by molar-refractivity contribution is 6.09. The molecule has 0 unspecified atom stereocenters. The van der Waals surface area contributed by atoms with Gasteiger partial charge in [0.15, 0.2) is 6.61 Å². The maximum Gasteiger partial charge on any atom is 0.326 e. The second kappa shape index (κ2) is 8.31. The van der Waals surface area contributed by atoms with Crippen LogP contribution in [0.25, 0.3) is 0 Å². The molecule has 3 rings (SSSR count). The molecule has 1 saturated heterocycles. The van der Waals surface area contributed by atoms with Crippen LogP contribution in [0.15, 0.2) is 24.3 Å². The maximum atomic E-state index is 12.8. The molecule has 2 fully saturated rings. The number of nitrogens with zero attached hydrogens (tertiary/aromatic N) is 2. The average Bonchev–Trinajstić information content (AvgIpc) is 2.94. The summed E-state index contributed by atoms with van der Waals surface area (Å²) in [5.41, 5.74) is -0.0387. The number of carbonyl (C=O) groups excluding carboxylic acids is 4. The number of ether oxygens (including phenoxy) is 1. The number of nitriles is 1. The summed E-state index contributed by atoms with van der Waals surface area (Å²) in [6.45, 7) is 0.833. The predicted molar refractivity (Wildman–Crippen MR) is 101 cm³/mol. The highest BCUT2D eigenvalue weighted by Gasteiger charge is 2.55. The molecular weight excluding hydrogens is 376 g/mol. The molecule has 1 aromatic carbocycles. The molecule has 1 aliphatic carbocycles. The molecular formula is C20H22N4O5. The van der Waals surface area contributed by atoms with Crippen LogP contribution in [0.4, 0.5) is 10.5 Å². The van der Waals surface area contributed by atoms with Crippen LogP contribution in [-0.2, 0) is 19.1 Å². The van der Waals surface area contributed by atoms with Gasteiger partial charge in [-0.05, 0) is 43.0 Å². The summed E-state index contributed by atoms with van der Waals surface area (Å²) in [7, 11) is 0. The van der Waals surface area contributed by atoms with Crippen LogP contribution >= 0.6 is 0 Å². The van der Waals surface area contributed by atoms with Gasteiger partial charge in [-0.25, -0.2) is 4.79 Å². The summed E-state index contributed by atoms with van der Waals surface area (Å²) in [5, 5.41) is 14.0. The van der Waals surface area contributed by atoms with Crippen LogP contribution in [0, 0.1) is 17.2 Å². The molecule has 2 N–H and O–H groups in total. The minimum Gasteiger partial charge on any atom is -0.454 e. The fraction of sp³-hybridized carbons (Fsp3) is 0.450. The zero-order valence-electron chi connectivity index (χ0n) is 16.1. The lowest BCUT2D eigenvalue weighted by Gasteiger charge is -2.36.